The van der Waals surface area contributed by atoms with Crippen LogP contribution >= 0.6 is 15.9 Å². The molecule has 106 valence electrons. The van der Waals surface area contributed by atoms with Crippen molar-refractivity contribution in [3.63, 3.8) is 0 Å². The summed E-state index contributed by atoms with van der Waals surface area (Å²) in [6.07, 6.45) is 5.32. The summed E-state index contributed by atoms with van der Waals surface area (Å²) < 4.78 is 16.4. The van der Waals surface area contributed by atoms with Gasteiger partial charge in [-0.05, 0) is 40.9 Å². The van der Waals surface area contributed by atoms with Crippen LogP contribution in [0.25, 0.3) is 0 Å². The van der Waals surface area contributed by atoms with Gasteiger partial charge in [-0.3, -0.25) is 4.68 Å². The topological polar surface area (TPSA) is 60.0 Å². The average Bonchev–Trinajstić information content (AvgIpc) is 2.86. The third-order valence-corrected chi connectivity index (χ3v) is 3.99. The number of rotatable bonds is 2. The second-order valence-corrected chi connectivity index (χ2v) is 5.81. The van der Waals surface area contributed by atoms with E-state index in [0.29, 0.717) is 22.2 Å². The smallest absolute Gasteiger partial charge is 0.166 e. The largest absolute Gasteiger partial charge is 0.382 e. The highest BCUT2D eigenvalue weighted by Crippen LogP contribution is 2.27. The van der Waals surface area contributed by atoms with Crippen molar-refractivity contribution in [1.82, 2.24) is 14.8 Å². The zero-order valence-electron chi connectivity index (χ0n) is 10.8. The Hall–Kier alpha value is -1.63. The van der Waals surface area contributed by atoms with Crippen LogP contribution in [0, 0.1) is 5.82 Å². The lowest BCUT2D eigenvalue weighted by atomic mass is 10.1. The van der Waals surface area contributed by atoms with Crippen LogP contribution in [0.5, 0.6) is 0 Å². The van der Waals surface area contributed by atoms with Crippen LogP contribution in [0.1, 0.15) is 18.9 Å². The van der Waals surface area contributed by atoms with E-state index in [-0.39, 0.29) is 5.82 Å². The lowest BCUT2D eigenvalue weighted by Crippen LogP contribution is -2.35. The van der Waals surface area contributed by atoms with Gasteiger partial charge in [0.2, 0.25) is 0 Å². The minimum absolute atomic E-state index is 0.291. The second kappa shape index (κ2) is 5.40. The Morgan fingerprint density at radius 1 is 1.35 bits per heavy atom. The highest BCUT2D eigenvalue weighted by atomic mass is 79.9. The fourth-order valence-electron chi connectivity index (χ4n) is 2.54. The number of nitrogens with zero attached hydrogens (tertiary/aromatic N) is 4. The first-order chi connectivity index (χ1) is 9.63. The van der Waals surface area contributed by atoms with E-state index in [4.69, 9.17) is 5.73 Å². The lowest BCUT2D eigenvalue weighted by molar-refractivity contribution is 0.365. The molecule has 1 fully saturated rings. The number of nitrogens with two attached hydrogens (primary N) is 1. The van der Waals surface area contributed by atoms with Crippen molar-refractivity contribution in [3.8, 4) is 0 Å². The lowest BCUT2D eigenvalue weighted by Gasteiger charge is -2.33. The van der Waals surface area contributed by atoms with Crippen molar-refractivity contribution < 1.29 is 4.39 Å². The van der Waals surface area contributed by atoms with E-state index < -0.39 is 0 Å². The van der Waals surface area contributed by atoms with Gasteiger partial charge in [0.25, 0.3) is 0 Å². The van der Waals surface area contributed by atoms with Gasteiger partial charge in [-0.1, -0.05) is 0 Å². The molecule has 2 aromatic heterocycles. The summed E-state index contributed by atoms with van der Waals surface area (Å²) in [5, 5.41) is 4.24. The van der Waals surface area contributed by atoms with Gasteiger partial charge in [-0.15, -0.1) is 0 Å². The number of hydrogen-bond acceptors (Lipinski definition) is 4. The Balaban J connectivity index is 1.69. The molecule has 0 aliphatic carbocycles. The Labute approximate surface area is 124 Å². The fourth-order valence-corrected chi connectivity index (χ4v) is 2.84. The van der Waals surface area contributed by atoms with Crippen molar-refractivity contribution >= 4 is 27.6 Å². The van der Waals surface area contributed by atoms with Crippen LogP contribution in [-0.2, 0) is 0 Å². The van der Waals surface area contributed by atoms with Crippen LogP contribution in [0.3, 0.4) is 0 Å². The molecule has 1 aliphatic heterocycles. The molecular weight excluding hydrogens is 325 g/mol. The SMILES string of the molecule is Nc1ccn(C2CCN(c3ncc(Br)cc3F)CC2)n1. The number of pyridine rings is 1. The molecular formula is C13H15BrFN5. The molecule has 0 spiro atoms. The highest BCUT2D eigenvalue weighted by molar-refractivity contribution is 9.10. The van der Waals surface area contributed by atoms with Crippen LogP contribution < -0.4 is 10.6 Å². The minimum atomic E-state index is -0.291. The molecule has 0 amide bonds. The third kappa shape index (κ3) is 2.63. The first kappa shape index (κ1) is 13.4. The summed E-state index contributed by atoms with van der Waals surface area (Å²) >= 11 is 3.22. The molecule has 1 aliphatic rings. The molecule has 1 saturated heterocycles. The molecule has 0 bridgehead atoms. The quantitative estimate of drug-likeness (QED) is 0.913. The van der Waals surface area contributed by atoms with Gasteiger partial charge in [0, 0.05) is 30.0 Å². The molecule has 0 aromatic carbocycles. The molecule has 3 heterocycles. The predicted molar refractivity (Wildman–Crippen MR) is 79.0 cm³/mol. The third-order valence-electron chi connectivity index (χ3n) is 3.56. The van der Waals surface area contributed by atoms with Crippen molar-refractivity contribution in [1.29, 1.82) is 0 Å². The van der Waals surface area contributed by atoms with E-state index in [1.165, 1.54) is 6.07 Å². The van der Waals surface area contributed by atoms with Gasteiger partial charge in [-0.2, -0.15) is 5.10 Å². The molecule has 5 nitrogen and oxygen atoms in total. The molecule has 20 heavy (non-hydrogen) atoms. The summed E-state index contributed by atoms with van der Waals surface area (Å²) in [5.74, 6) is 0.667. The summed E-state index contributed by atoms with van der Waals surface area (Å²) in [6, 6.07) is 3.56. The van der Waals surface area contributed by atoms with Gasteiger partial charge in [-0.25, -0.2) is 9.37 Å². The van der Waals surface area contributed by atoms with Gasteiger partial charge in [0.15, 0.2) is 11.6 Å². The summed E-state index contributed by atoms with van der Waals surface area (Å²) in [7, 11) is 0. The molecule has 7 heteroatoms. The first-order valence-electron chi connectivity index (χ1n) is 6.50. The number of nitrogen functional groups attached to an aromatic ring is 1. The Bertz CT molecular complexity index is 607. The maximum atomic E-state index is 13.9. The average molecular weight is 340 g/mol. The van der Waals surface area contributed by atoms with Crippen molar-refractivity contribution in [2.24, 2.45) is 0 Å². The predicted octanol–water partition coefficient (Wildman–Crippen LogP) is 2.60. The Morgan fingerprint density at radius 3 is 2.70 bits per heavy atom. The van der Waals surface area contributed by atoms with Crippen molar-refractivity contribution in [3.05, 3.63) is 34.8 Å². The summed E-state index contributed by atoms with van der Waals surface area (Å²) in [6.45, 7) is 1.52. The number of aromatic nitrogens is 3. The molecule has 3 rings (SSSR count). The van der Waals surface area contributed by atoms with Crippen LogP contribution in [0.4, 0.5) is 16.0 Å². The van der Waals surface area contributed by atoms with Gasteiger partial charge >= 0.3 is 0 Å². The fraction of sp³-hybridized carbons (Fsp3) is 0.385. The minimum Gasteiger partial charge on any atom is -0.382 e. The van der Waals surface area contributed by atoms with Gasteiger partial charge in [0.1, 0.15) is 5.82 Å². The maximum Gasteiger partial charge on any atom is 0.166 e. The zero-order chi connectivity index (χ0) is 14.1. The molecule has 0 saturated carbocycles. The molecule has 0 radical (unpaired) electrons. The van der Waals surface area contributed by atoms with Gasteiger partial charge in [0.05, 0.1) is 6.04 Å². The first-order valence-corrected chi connectivity index (χ1v) is 7.29. The molecule has 0 atom stereocenters. The standard InChI is InChI=1S/C13H15BrFN5/c14-9-7-11(15)13(17-8-9)19-4-1-10(2-5-19)20-6-3-12(16)18-20/h3,6-8,10H,1-2,4-5H2,(H2,16,18). The van der Waals surface area contributed by atoms with Crippen LogP contribution in [0.15, 0.2) is 29.0 Å². The summed E-state index contributed by atoms with van der Waals surface area (Å²) in [4.78, 5) is 6.14. The van der Waals surface area contributed by atoms with Crippen LogP contribution in [-0.4, -0.2) is 27.9 Å². The van der Waals surface area contributed by atoms with E-state index in [1.54, 1.807) is 12.3 Å². The van der Waals surface area contributed by atoms with Crippen molar-refractivity contribution in [2.75, 3.05) is 23.7 Å². The maximum absolute atomic E-state index is 13.9. The normalized spacial score (nSPS) is 16.6. The second-order valence-electron chi connectivity index (χ2n) is 4.90. The van der Waals surface area contributed by atoms with Crippen molar-refractivity contribution in [2.45, 2.75) is 18.9 Å². The van der Waals surface area contributed by atoms with E-state index in [9.17, 15) is 4.39 Å². The number of hydrogen-bond donors (Lipinski definition) is 1. The van der Waals surface area contributed by atoms with Gasteiger partial charge < -0.3 is 10.6 Å². The molecule has 2 N–H and O–H groups in total. The highest BCUT2D eigenvalue weighted by Gasteiger charge is 2.23. The number of anilines is 2. The summed E-state index contributed by atoms with van der Waals surface area (Å²) in [5.41, 5.74) is 5.63. The Kier molecular flexibility index (Phi) is 3.60. The molecule has 0 unspecified atom stereocenters. The van der Waals surface area contributed by atoms with E-state index >= 15 is 0 Å². The monoisotopic (exact) mass is 339 g/mol. The molecule has 2 aromatic rings. The number of halogens is 2. The zero-order valence-corrected chi connectivity index (χ0v) is 12.4. The van der Waals surface area contributed by atoms with E-state index in [0.717, 1.165) is 25.9 Å². The van der Waals surface area contributed by atoms with E-state index in [1.807, 2.05) is 15.8 Å². The van der Waals surface area contributed by atoms with E-state index in [2.05, 4.69) is 26.0 Å². The Morgan fingerprint density at radius 2 is 2.10 bits per heavy atom. The number of piperidine rings is 1. The van der Waals surface area contributed by atoms with Crippen LogP contribution in [0.2, 0.25) is 0 Å².